The Balaban J connectivity index is 0.000000236. The summed E-state index contributed by atoms with van der Waals surface area (Å²) in [5, 5.41) is 3.65. The molecule has 3 heterocycles. The molecule has 0 amide bonds. The number of aryl methyl sites for hydroxylation is 2. The fourth-order valence-corrected chi connectivity index (χ4v) is 7.87. The van der Waals surface area contributed by atoms with Gasteiger partial charge in [-0.15, -0.1) is 54.1 Å². The Hall–Kier alpha value is -4.61. The summed E-state index contributed by atoms with van der Waals surface area (Å²) in [7, 11) is -1.47. The molecule has 0 aliphatic rings. The van der Waals surface area contributed by atoms with Gasteiger partial charge >= 0.3 is 0 Å². The Kier molecular flexibility index (Phi) is 8.95. The summed E-state index contributed by atoms with van der Waals surface area (Å²) in [5.74, 6) is 1.60. The Morgan fingerprint density at radius 2 is 1.49 bits per heavy atom. The zero-order valence-electron chi connectivity index (χ0n) is 37.1. The van der Waals surface area contributed by atoms with Crippen LogP contribution in [0.1, 0.15) is 70.0 Å². The fourth-order valence-electron chi connectivity index (χ4n) is 6.72. The zero-order valence-corrected chi connectivity index (χ0v) is 34.5. The van der Waals surface area contributed by atoms with E-state index in [0.29, 0.717) is 23.1 Å². The predicted molar refractivity (Wildman–Crippen MR) is 222 cm³/mol. The molecule has 4 nitrogen and oxygen atoms in total. The number of pyridine rings is 1. The minimum atomic E-state index is -2.50. The van der Waals surface area contributed by atoms with Crippen LogP contribution in [-0.2, 0) is 20.1 Å². The van der Waals surface area contributed by atoms with E-state index in [2.05, 4.69) is 136 Å². The molecule has 8 aromatic rings. The fraction of sp³-hybridized carbons (Fsp3) is 0.234. The average Bonchev–Trinajstić information content (AvgIpc) is 3.75. The maximum atomic E-state index is 7.50. The molecule has 0 aliphatic heterocycles. The first-order valence-corrected chi connectivity index (χ1v) is 21.3. The summed E-state index contributed by atoms with van der Waals surface area (Å²) in [4.78, 5) is 9.26. The van der Waals surface area contributed by atoms with Crippen LogP contribution in [0.25, 0.3) is 61.3 Å². The molecule has 6 heteroatoms. The van der Waals surface area contributed by atoms with Crippen molar-refractivity contribution in [2.75, 3.05) is 0 Å². The normalized spacial score (nSPS) is 13.8. The molecule has 0 aliphatic carbocycles. The molecule has 0 atom stereocenters. The van der Waals surface area contributed by atoms with Gasteiger partial charge in [0.2, 0.25) is 0 Å². The van der Waals surface area contributed by atoms with E-state index in [9.17, 15) is 0 Å². The van der Waals surface area contributed by atoms with Crippen molar-refractivity contribution in [3.63, 3.8) is 0 Å². The van der Waals surface area contributed by atoms with E-state index in [1.54, 1.807) is 24.3 Å². The summed E-state index contributed by atoms with van der Waals surface area (Å²) in [6.45, 7) is 11.2. The Bertz CT molecular complexity index is 2740. The van der Waals surface area contributed by atoms with Crippen LogP contribution in [0.2, 0.25) is 19.6 Å². The van der Waals surface area contributed by atoms with Crippen molar-refractivity contribution in [3.05, 3.63) is 144 Å². The van der Waals surface area contributed by atoms with Gasteiger partial charge in [-0.25, -0.2) is 0 Å². The van der Waals surface area contributed by atoms with Gasteiger partial charge < -0.3 is 14.0 Å². The molecule has 5 aromatic carbocycles. The van der Waals surface area contributed by atoms with Crippen LogP contribution in [0, 0.1) is 25.8 Å². The number of hydrogen-bond acceptors (Lipinski definition) is 3. The molecule has 0 unspecified atom stereocenters. The first-order valence-electron chi connectivity index (χ1n) is 20.8. The number of nitrogens with zero attached hydrogens (tertiary/aromatic N) is 3. The number of imidazole rings is 1. The van der Waals surface area contributed by atoms with Gasteiger partial charge in [-0.2, -0.15) is 0 Å². The molecule has 53 heavy (non-hydrogen) atoms. The third-order valence-electron chi connectivity index (χ3n) is 9.54. The maximum absolute atomic E-state index is 7.50. The number of para-hydroxylation sites is 3. The monoisotopic (exact) mass is 896 g/mol. The van der Waals surface area contributed by atoms with E-state index in [1.165, 1.54) is 28.1 Å². The molecule has 0 saturated carbocycles. The quantitative estimate of drug-likeness (QED) is 0.123. The van der Waals surface area contributed by atoms with Gasteiger partial charge in [0, 0.05) is 45.6 Å². The Labute approximate surface area is 337 Å². The summed E-state index contributed by atoms with van der Waals surface area (Å²) in [6.07, 6.45) is 1.12. The second-order valence-electron chi connectivity index (χ2n) is 14.9. The average molecular weight is 896 g/mol. The van der Waals surface area contributed by atoms with E-state index in [0.717, 1.165) is 50.6 Å². The van der Waals surface area contributed by atoms with Crippen molar-refractivity contribution in [1.82, 2.24) is 14.5 Å². The Morgan fingerprint density at radius 3 is 2.17 bits per heavy atom. The molecule has 8 rings (SSSR count). The van der Waals surface area contributed by atoms with Crippen molar-refractivity contribution >= 4 is 46.2 Å². The second-order valence-corrected chi connectivity index (χ2v) is 20.0. The second kappa shape index (κ2) is 15.4. The van der Waals surface area contributed by atoms with Gasteiger partial charge in [-0.1, -0.05) is 118 Å². The molecule has 1 radical (unpaired) electrons. The zero-order chi connectivity index (χ0) is 41.7. The molecule has 0 fully saturated rings. The summed E-state index contributed by atoms with van der Waals surface area (Å²) in [5.41, 5.74) is 9.19. The molecule has 3 aromatic heterocycles. The first-order chi connectivity index (χ1) is 27.3. The number of aromatic nitrogens is 3. The topological polar surface area (TPSA) is 43.9 Å². The van der Waals surface area contributed by atoms with Crippen LogP contribution in [-0.4, -0.2) is 22.6 Å². The minimum absolute atomic E-state index is 0. The van der Waals surface area contributed by atoms with Gasteiger partial charge in [0.05, 0.1) is 30.5 Å². The summed E-state index contributed by atoms with van der Waals surface area (Å²) >= 11 is 0. The Morgan fingerprint density at radius 1 is 0.755 bits per heavy atom. The van der Waals surface area contributed by atoms with Crippen molar-refractivity contribution in [2.24, 2.45) is 0 Å². The number of rotatable bonds is 6. The SMILES string of the molecule is CC(C)c1cccc(C(C)C)c1-n1c(-c2[c-]ccc3c2oc2cc([Si](C)(C)C)ccc23)nc2ccccc21.[2H]C([2H])([2H])c1cnc(-c2[c-]cccc2)cc1C([2H])([2H])[2H].[Ir]. The smallest absolute Gasteiger partial charge is 0.120 e. The van der Waals surface area contributed by atoms with E-state index in [4.69, 9.17) is 17.6 Å². The van der Waals surface area contributed by atoms with Crippen LogP contribution in [0.5, 0.6) is 0 Å². The molecule has 271 valence electrons. The number of fused-ring (bicyclic) bond motifs is 4. The van der Waals surface area contributed by atoms with Gasteiger partial charge in [-0.3, -0.25) is 4.98 Å². The third kappa shape index (κ3) is 7.46. The molecule has 0 N–H and O–H groups in total. The maximum Gasteiger partial charge on any atom is 0.120 e. The van der Waals surface area contributed by atoms with Gasteiger partial charge in [0.15, 0.2) is 0 Å². The van der Waals surface area contributed by atoms with E-state index in [-0.39, 0.29) is 31.2 Å². The van der Waals surface area contributed by atoms with Crippen molar-refractivity contribution in [1.29, 1.82) is 0 Å². The molecule has 0 spiro atoms. The van der Waals surface area contributed by atoms with Crippen molar-refractivity contribution in [2.45, 2.75) is 72.9 Å². The standard InChI is InChI=1S/C34H35N2OSi.C13H12N.Ir/c1-21(2)24-12-10-13-25(22(3)4)32(24)36-30-17-9-8-16-29(30)35-34(36)28-15-11-14-27-26-19-18-23(38(5,6)7)20-31(26)37-33(27)28;1-10-8-13(14-9-11(10)2)12-6-4-3-5-7-12;/h8-14,16-22H,1-7H3;3-6,8-9H,1-2H3;/q2*-1;/i;1D3,2D3;. The van der Waals surface area contributed by atoms with Crippen LogP contribution in [0.4, 0.5) is 0 Å². The minimum Gasteiger partial charge on any atom is -0.501 e. The third-order valence-corrected chi connectivity index (χ3v) is 11.6. The predicted octanol–water partition coefficient (Wildman–Crippen LogP) is 12.3. The first kappa shape index (κ1) is 30.8. The van der Waals surface area contributed by atoms with Gasteiger partial charge in [0.25, 0.3) is 0 Å². The molecule has 0 saturated heterocycles. The summed E-state index contributed by atoms with van der Waals surface area (Å²) in [6, 6.07) is 40.8. The number of furan rings is 1. The van der Waals surface area contributed by atoms with Crippen LogP contribution in [0.15, 0.2) is 114 Å². The molecular weight excluding hydrogens is 843 g/mol. The van der Waals surface area contributed by atoms with Gasteiger partial charge in [-0.05, 0) is 66.1 Å². The molecule has 0 bridgehead atoms. The van der Waals surface area contributed by atoms with Crippen molar-refractivity contribution in [3.8, 4) is 28.3 Å². The van der Waals surface area contributed by atoms with E-state index < -0.39 is 21.8 Å². The summed E-state index contributed by atoms with van der Waals surface area (Å²) < 4.78 is 53.7. The number of hydrogen-bond donors (Lipinski definition) is 0. The van der Waals surface area contributed by atoms with E-state index >= 15 is 0 Å². The van der Waals surface area contributed by atoms with Crippen LogP contribution < -0.4 is 5.19 Å². The van der Waals surface area contributed by atoms with Crippen molar-refractivity contribution < 1.29 is 32.7 Å². The van der Waals surface area contributed by atoms with E-state index in [1.807, 2.05) is 6.07 Å². The molecular formula is C47H47IrN3OSi-2. The largest absolute Gasteiger partial charge is 0.501 e. The van der Waals surface area contributed by atoms with Gasteiger partial charge in [0.1, 0.15) is 5.58 Å². The van der Waals surface area contributed by atoms with Crippen LogP contribution >= 0.6 is 0 Å². The van der Waals surface area contributed by atoms with Crippen LogP contribution in [0.3, 0.4) is 0 Å². The number of benzene rings is 5.